The molecule has 0 bridgehead atoms. The summed E-state index contributed by atoms with van der Waals surface area (Å²) in [6.45, 7) is 0. The van der Waals surface area contributed by atoms with Crippen molar-refractivity contribution in [1.29, 1.82) is 0 Å². The molecule has 1 rings (SSSR count). The van der Waals surface area contributed by atoms with Crippen LogP contribution in [0.2, 0.25) is 0 Å². The second-order valence-electron chi connectivity index (χ2n) is 1.95. The van der Waals surface area contributed by atoms with Crippen LogP contribution in [0.5, 0.6) is 0 Å². The summed E-state index contributed by atoms with van der Waals surface area (Å²) in [7, 11) is -3.67. The van der Waals surface area contributed by atoms with E-state index in [0.717, 1.165) is 4.47 Å². The van der Waals surface area contributed by atoms with Gasteiger partial charge in [-0.1, -0.05) is 20.4 Å². The Bertz CT molecular complexity index is 304. The maximum absolute atomic E-state index is 9.19. The van der Waals surface area contributed by atoms with Crippen LogP contribution in [0.4, 0.5) is 0 Å². The maximum Gasteiger partial charge on any atom is 1.00 e. The Morgan fingerprint density at radius 2 is 1.69 bits per heavy atom. The molecule has 0 aliphatic rings. The summed E-state index contributed by atoms with van der Waals surface area (Å²) in [6.07, 6.45) is 0.715. The SMILES string of the molecule is Brc1cc[c-]cc1.CS(=O)(=O)O.[Na+]. The first-order valence-electron chi connectivity index (χ1n) is 2.93. The molecule has 0 heterocycles. The first-order chi connectivity index (χ1) is 5.39. The maximum atomic E-state index is 9.19. The fourth-order valence-corrected chi connectivity index (χ4v) is 0.631. The molecule has 3 nitrogen and oxygen atoms in total. The van der Waals surface area contributed by atoms with Crippen LogP contribution in [0.15, 0.2) is 28.7 Å². The predicted octanol–water partition coefficient (Wildman–Crippen LogP) is -1.24. The van der Waals surface area contributed by atoms with Crippen LogP contribution >= 0.6 is 15.9 Å². The third kappa shape index (κ3) is 19.1. The molecule has 13 heavy (non-hydrogen) atoms. The van der Waals surface area contributed by atoms with E-state index < -0.39 is 10.1 Å². The van der Waals surface area contributed by atoms with E-state index in [2.05, 4.69) is 22.0 Å². The van der Waals surface area contributed by atoms with E-state index in [0.29, 0.717) is 6.26 Å². The van der Waals surface area contributed by atoms with Crippen LogP contribution < -0.4 is 29.6 Å². The van der Waals surface area contributed by atoms with Gasteiger partial charge in [-0.2, -0.15) is 38.7 Å². The molecule has 0 fully saturated rings. The molecule has 0 aromatic heterocycles. The average Bonchev–Trinajstić information content (AvgIpc) is 1.85. The van der Waals surface area contributed by atoms with Gasteiger partial charge in [0.1, 0.15) is 0 Å². The molecule has 0 aliphatic carbocycles. The largest absolute Gasteiger partial charge is 1.00 e. The van der Waals surface area contributed by atoms with Crippen LogP contribution in [0, 0.1) is 6.07 Å². The first-order valence-corrected chi connectivity index (χ1v) is 5.58. The summed E-state index contributed by atoms with van der Waals surface area (Å²) < 4.78 is 27.0. The Morgan fingerprint density at radius 3 is 1.85 bits per heavy atom. The molecule has 0 atom stereocenters. The van der Waals surface area contributed by atoms with Crippen molar-refractivity contribution >= 4 is 26.0 Å². The van der Waals surface area contributed by atoms with Crippen LogP contribution in [0.3, 0.4) is 0 Å². The Hall–Kier alpha value is 0.610. The van der Waals surface area contributed by atoms with Crippen molar-refractivity contribution in [3.05, 3.63) is 34.8 Å². The molecule has 0 aliphatic heterocycles. The molecule has 0 saturated heterocycles. The zero-order valence-corrected chi connectivity index (χ0v) is 11.8. The Balaban J connectivity index is 0. The van der Waals surface area contributed by atoms with Gasteiger partial charge in [-0.3, -0.25) is 4.55 Å². The van der Waals surface area contributed by atoms with Gasteiger partial charge in [-0.15, -0.1) is 0 Å². The van der Waals surface area contributed by atoms with Crippen molar-refractivity contribution < 1.29 is 42.5 Å². The van der Waals surface area contributed by atoms with Crippen molar-refractivity contribution in [2.24, 2.45) is 0 Å². The average molecular weight is 275 g/mol. The summed E-state index contributed by atoms with van der Waals surface area (Å²) in [5.74, 6) is 0. The van der Waals surface area contributed by atoms with Crippen LogP contribution in [0.1, 0.15) is 0 Å². The van der Waals surface area contributed by atoms with Gasteiger partial charge < -0.3 is 0 Å². The minimum atomic E-state index is -3.67. The number of hydrogen-bond donors (Lipinski definition) is 1. The summed E-state index contributed by atoms with van der Waals surface area (Å²) >= 11 is 3.29. The van der Waals surface area contributed by atoms with Crippen molar-refractivity contribution in [3.63, 3.8) is 0 Å². The van der Waals surface area contributed by atoms with Gasteiger partial charge in [0.25, 0.3) is 10.1 Å². The van der Waals surface area contributed by atoms with Gasteiger partial charge in [0.05, 0.1) is 6.26 Å². The summed E-state index contributed by atoms with van der Waals surface area (Å²) in [4.78, 5) is 0. The van der Waals surface area contributed by atoms with E-state index in [1.165, 1.54) is 0 Å². The van der Waals surface area contributed by atoms with Crippen LogP contribution in [0.25, 0.3) is 0 Å². The Labute approximate surface area is 109 Å². The molecule has 68 valence electrons. The van der Waals surface area contributed by atoms with Gasteiger partial charge in [-0.25, -0.2) is 0 Å². The van der Waals surface area contributed by atoms with Crippen molar-refractivity contribution in [2.75, 3.05) is 6.26 Å². The molecule has 0 amide bonds. The zero-order valence-electron chi connectivity index (χ0n) is 7.36. The smallest absolute Gasteiger partial charge is 0.286 e. The second kappa shape index (κ2) is 7.96. The van der Waals surface area contributed by atoms with E-state index in [4.69, 9.17) is 4.55 Å². The number of benzene rings is 1. The second-order valence-corrected chi connectivity index (χ2v) is 4.33. The summed E-state index contributed by atoms with van der Waals surface area (Å²) in [6, 6.07) is 10.5. The van der Waals surface area contributed by atoms with E-state index in [1.807, 2.05) is 24.3 Å². The molecule has 1 N–H and O–H groups in total. The normalized spacial score (nSPS) is 9.15. The van der Waals surface area contributed by atoms with Crippen LogP contribution in [-0.4, -0.2) is 19.2 Å². The van der Waals surface area contributed by atoms with E-state index in [1.54, 1.807) is 0 Å². The molecule has 0 unspecified atom stereocenters. The Kier molecular flexibility index (Phi) is 9.83. The topological polar surface area (TPSA) is 54.4 Å². The molecule has 1 aromatic rings. The molecular weight excluding hydrogens is 267 g/mol. The van der Waals surface area contributed by atoms with Gasteiger partial charge in [0.15, 0.2) is 0 Å². The third-order valence-electron chi connectivity index (χ3n) is 0.678. The van der Waals surface area contributed by atoms with Gasteiger partial charge in [0.2, 0.25) is 0 Å². The number of rotatable bonds is 0. The molecule has 1 aromatic carbocycles. The monoisotopic (exact) mass is 274 g/mol. The molecule has 6 heteroatoms. The molecule has 0 spiro atoms. The number of halogens is 1. The third-order valence-corrected chi connectivity index (χ3v) is 1.21. The minimum absolute atomic E-state index is 0. The summed E-state index contributed by atoms with van der Waals surface area (Å²) in [5.41, 5.74) is 0. The van der Waals surface area contributed by atoms with Gasteiger partial charge >= 0.3 is 29.6 Å². The summed E-state index contributed by atoms with van der Waals surface area (Å²) in [5, 5.41) is 0. The quantitative estimate of drug-likeness (QED) is 0.366. The van der Waals surface area contributed by atoms with Crippen molar-refractivity contribution in [1.82, 2.24) is 0 Å². The fourth-order valence-electron chi connectivity index (χ4n) is 0.367. The fraction of sp³-hybridized carbons (Fsp3) is 0.143. The predicted molar refractivity (Wildman–Crippen MR) is 50.5 cm³/mol. The van der Waals surface area contributed by atoms with Crippen molar-refractivity contribution in [3.8, 4) is 0 Å². The first kappa shape index (κ1) is 16.1. The zero-order chi connectivity index (χ0) is 9.61. The number of hydrogen-bond acceptors (Lipinski definition) is 2. The van der Waals surface area contributed by atoms with Gasteiger partial charge in [-0.05, 0) is 0 Å². The minimum Gasteiger partial charge on any atom is -0.286 e. The molecule has 0 radical (unpaired) electrons. The van der Waals surface area contributed by atoms with E-state index in [9.17, 15) is 8.42 Å². The molecular formula is C7H8BrNaO3S. The van der Waals surface area contributed by atoms with Crippen LogP contribution in [-0.2, 0) is 10.1 Å². The van der Waals surface area contributed by atoms with Gasteiger partial charge in [0, 0.05) is 0 Å². The molecule has 0 saturated carbocycles. The Morgan fingerprint density at radius 1 is 1.38 bits per heavy atom. The van der Waals surface area contributed by atoms with E-state index in [-0.39, 0.29) is 29.6 Å². The van der Waals surface area contributed by atoms with Crippen molar-refractivity contribution in [2.45, 2.75) is 0 Å². The standard InChI is InChI=1S/C6H4Br.CH4O3S.Na/c7-6-4-2-1-3-5-6;1-5(2,3)4;/h2-5H;1H3,(H,2,3,4);/q-1;;+1. The van der Waals surface area contributed by atoms with E-state index >= 15 is 0 Å².